The number of guanidine groups is 1. The second-order valence-electron chi connectivity index (χ2n) is 10.2. The normalized spacial score (nSPS) is 17.7. The number of aryl methyl sites for hydroxylation is 3. The summed E-state index contributed by atoms with van der Waals surface area (Å²) in [7, 11) is 0. The summed E-state index contributed by atoms with van der Waals surface area (Å²) in [4.78, 5) is 6.78. The predicted molar refractivity (Wildman–Crippen MR) is 151 cm³/mol. The maximum atomic E-state index is 14.2. The van der Waals surface area contributed by atoms with Crippen molar-refractivity contribution in [2.75, 3.05) is 6.54 Å². The molecule has 3 rings (SSSR count). The molecule has 7 heteroatoms. The molecular weight excluding hydrogens is 485 g/mol. The van der Waals surface area contributed by atoms with Crippen LogP contribution < -0.4 is 5.73 Å². The smallest absolute Gasteiger partial charge is 0.370 e. The summed E-state index contributed by atoms with van der Waals surface area (Å²) < 4.78 is 42.6. The van der Waals surface area contributed by atoms with Gasteiger partial charge in [-0.05, 0) is 74.1 Å². The molecule has 0 saturated carbocycles. The van der Waals surface area contributed by atoms with Crippen LogP contribution >= 0.6 is 0 Å². The monoisotopic (exact) mass is 526 g/mol. The van der Waals surface area contributed by atoms with E-state index in [9.17, 15) is 13.2 Å². The van der Waals surface area contributed by atoms with Gasteiger partial charge in [0.1, 0.15) is 0 Å². The number of likely N-dealkylation sites (tertiary alicyclic amines) is 1. The Morgan fingerprint density at radius 2 is 1.76 bits per heavy atom. The average Bonchev–Trinajstić information content (AvgIpc) is 3.38. The summed E-state index contributed by atoms with van der Waals surface area (Å²) in [5.74, 6) is 0.120. The molecular formula is C31H41F3N4. The molecule has 3 N–H and O–H groups in total. The fourth-order valence-corrected chi connectivity index (χ4v) is 5.18. The molecule has 0 aromatic heterocycles. The van der Waals surface area contributed by atoms with Crippen LogP contribution in [0.1, 0.15) is 81.2 Å². The molecule has 1 aliphatic rings. The van der Waals surface area contributed by atoms with Crippen LogP contribution in [0.25, 0.3) is 5.70 Å². The molecule has 2 atom stereocenters. The van der Waals surface area contributed by atoms with Crippen molar-refractivity contribution in [2.45, 2.75) is 84.9 Å². The zero-order valence-corrected chi connectivity index (χ0v) is 23.0. The summed E-state index contributed by atoms with van der Waals surface area (Å²) in [6, 6.07) is 12.6. The number of aliphatic imine (C=N–C) groups is 1. The first-order valence-electron chi connectivity index (χ1n) is 13.7. The minimum absolute atomic E-state index is 0.00856. The molecule has 0 amide bonds. The SMILES string of the molecule is C/C=C(\N=C(/C(C)CC)C1CCCN1C(=N)N)c1ccc(CCc2ccc(CCC)cc2)c(C(F)(F)F)c1. The lowest BCUT2D eigenvalue weighted by Gasteiger charge is -2.29. The number of benzene rings is 2. The van der Waals surface area contributed by atoms with Crippen molar-refractivity contribution in [2.24, 2.45) is 16.6 Å². The van der Waals surface area contributed by atoms with Crippen LogP contribution in [-0.4, -0.2) is 29.2 Å². The third kappa shape index (κ3) is 7.27. The van der Waals surface area contributed by atoms with Gasteiger partial charge in [0.25, 0.3) is 0 Å². The van der Waals surface area contributed by atoms with Crippen molar-refractivity contribution in [3.8, 4) is 0 Å². The molecule has 4 nitrogen and oxygen atoms in total. The number of halogens is 3. The summed E-state index contributed by atoms with van der Waals surface area (Å²) >= 11 is 0. The molecule has 38 heavy (non-hydrogen) atoms. The van der Waals surface area contributed by atoms with E-state index in [1.807, 2.05) is 17.0 Å². The Morgan fingerprint density at radius 1 is 1.11 bits per heavy atom. The molecule has 2 aromatic rings. The first kappa shape index (κ1) is 29.5. The van der Waals surface area contributed by atoms with Gasteiger partial charge in [-0.3, -0.25) is 10.4 Å². The van der Waals surface area contributed by atoms with Crippen molar-refractivity contribution in [1.29, 1.82) is 5.41 Å². The number of nitrogens with one attached hydrogen (secondary N) is 1. The van der Waals surface area contributed by atoms with Crippen molar-refractivity contribution >= 4 is 17.4 Å². The molecule has 0 bridgehead atoms. The van der Waals surface area contributed by atoms with Crippen molar-refractivity contribution in [3.63, 3.8) is 0 Å². The van der Waals surface area contributed by atoms with E-state index in [-0.39, 0.29) is 17.9 Å². The minimum atomic E-state index is -4.46. The Kier molecular flexibility index (Phi) is 10.2. The molecule has 0 spiro atoms. The van der Waals surface area contributed by atoms with Crippen molar-refractivity contribution in [3.05, 3.63) is 76.4 Å². The van der Waals surface area contributed by atoms with Crippen LogP contribution in [0.2, 0.25) is 0 Å². The highest BCUT2D eigenvalue weighted by Crippen LogP contribution is 2.35. The lowest BCUT2D eigenvalue weighted by atomic mass is 9.93. The number of nitrogens with zero attached hydrogens (tertiary/aromatic N) is 2. The van der Waals surface area contributed by atoms with E-state index in [1.54, 1.807) is 25.1 Å². The summed E-state index contributed by atoms with van der Waals surface area (Å²) in [5.41, 5.74) is 9.63. The van der Waals surface area contributed by atoms with Crippen molar-refractivity contribution < 1.29 is 13.2 Å². The van der Waals surface area contributed by atoms with Gasteiger partial charge >= 0.3 is 6.18 Å². The number of allylic oxidation sites excluding steroid dienone is 1. The Bertz CT molecular complexity index is 1150. The molecule has 1 fully saturated rings. The van der Waals surface area contributed by atoms with E-state index in [0.717, 1.165) is 43.4 Å². The maximum Gasteiger partial charge on any atom is 0.416 e. The number of rotatable bonds is 10. The maximum absolute atomic E-state index is 14.2. The van der Waals surface area contributed by atoms with Crippen LogP contribution in [0.3, 0.4) is 0 Å². The van der Waals surface area contributed by atoms with Gasteiger partial charge in [-0.25, -0.2) is 0 Å². The Labute approximate surface area is 225 Å². The van der Waals surface area contributed by atoms with Gasteiger partial charge in [0.05, 0.1) is 17.3 Å². The van der Waals surface area contributed by atoms with Gasteiger partial charge in [-0.2, -0.15) is 13.2 Å². The highest BCUT2D eigenvalue weighted by atomic mass is 19.4. The molecule has 206 valence electrons. The molecule has 1 aliphatic heterocycles. The van der Waals surface area contributed by atoms with Gasteiger partial charge < -0.3 is 10.6 Å². The fraction of sp³-hybridized carbons (Fsp3) is 0.484. The van der Waals surface area contributed by atoms with Crippen LogP contribution in [0.5, 0.6) is 0 Å². The van der Waals surface area contributed by atoms with E-state index in [0.29, 0.717) is 36.2 Å². The fourth-order valence-electron chi connectivity index (χ4n) is 5.18. The van der Waals surface area contributed by atoms with E-state index in [2.05, 4.69) is 32.9 Å². The quantitative estimate of drug-likeness (QED) is 0.247. The van der Waals surface area contributed by atoms with Crippen LogP contribution in [0, 0.1) is 11.3 Å². The molecule has 1 heterocycles. The van der Waals surface area contributed by atoms with Gasteiger partial charge in [0.2, 0.25) is 0 Å². The van der Waals surface area contributed by atoms with Crippen LogP contribution in [0.4, 0.5) is 13.2 Å². The molecule has 0 radical (unpaired) electrons. The van der Waals surface area contributed by atoms with E-state index >= 15 is 0 Å². The summed E-state index contributed by atoms with van der Waals surface area (Å²) in [6.45, 7) is 8.75. The number of alkyl halides is 3. The Hall–Kier alpha value is -3.09. The largest absolute Gasteiger partial charge is 0.416 e. The topological polar surface area (TPSA) is 65.5 Å². The van der Waals surface area contributed by atoms with E-state index in [1.165, 1.54) is 11.6 Å². The first-order chi connectivity index (χ1) is 18.1. The standard InChI is InChI=1S/C31H41F3N4/c1-5-9-22-11-13-23(14-12-22)15-16-24-17-18-25(20-26(24)31(32,33)34)27(7-3)37-29(21(4)6-2)28-10-8-19-38(28)30(35)36/h7,11-14,17-18,20-21,28H,5-6,8-10,15-16,19H2,1-4H3,(H3,35,36)/b27-7-,37-29+. The lowest BCUT2D eigenvalue weighted by molar-refractivity contribution is -0.138. The lowest BCUT2D eigenvalue weighted by Crippen LogP contribution is -2.45. The van der Waals surface area contributed by atoms with Gasteiger partial charge in [-0.1, -0.05) is 69.7 Å². The van der Waals surface area contributed by atoms with Gasteiger partial charge in [0.15, 0.2) is 5.96 Å². The Morgan fingerprint density at radius 3 is 2.32 bits per heavy atom. The first-order valence-corrected chi connectivity index (χ1v) is 13.7. The predicted octanol–water partition coefficient (Wildman–Crippen LogP) is 7.65. The molecule has 2 aromatic carbocycles. The third-order valence-electron chi connectivity index (χ3n) is 7.50. The third-order valence-corrected chi connectivity index (χ3v) is 7.50. The second-order valence-corrected chi connectivity index (χ2v) is 10.2. The number of hydrogen-bond acceptors (Lipinski definition) is 2. The van der Waals surface area contributed by atoms with Gasteiger partial charge in [-0.15, -0.1) is 0 Å². The minimum Gasteiger partial charge on any atom is -0.370 e. The number of hydrogen-bond donors (Lipinski definition) is 2. The van der Waals surface area contributed by atoms with Crippen LogP contribution in [0.15, 0.2) is 53.5 Å². The van der Waals surface area contributed by atoms with Gasteiger partial charge in [0, 0.05) is 17.8 Å². The highest BCUT2D eigenvalue weighted by molar-refractivity contribution is 5.98. The van der Waals surface area contributed by atoms with E-state index < -0.39 is 11.7 Å². The summed E-state index contributed by atoms with van der Waals surface area (Å²) in [5, 5.41) is 7.97. The molecule has 0 aliphatic carbocycles. The molecule has 2 unspecified atom stereocenters. The Balaban J connectivity index is 1.92. The summed E-state index contributed by atoms with van der Waals surface area (Å²) in [6.07, 6.45) is 2.79. The van der Waals surface area contributed by atoms with Crippen molar-refractivity contribution in [1.82, 2.24) is 4.90 Å². The molecule has 1 saturated heterocycles. The number of nitrogens with two attached hydrogens (primary N) is 1. The van der Waals surface area contributed by atoms with E-state index in [4.69, 9.17) is 16.1 Å². The van der Waals surface area contributed by atoms with Crippen LogP contribution in [-0.2, 0) is 25.4 Å². The zero-order chi connectivity index (χ0) is 27.9. The average molecular weight is 527 g/mol. The highest BCUT2D eigenvalue weighted by Gasteiger charge is 2.34. The zero-order valence-electron chi connectivity index (χ0n) is 23.0. The second kappa shape index (κ2) is 13.1.